The molecule has 1 aliphatic rings. The van der Waals surface area contributed by atoms with Gasteiger partial charge in [0.25, 0.3) is 5.91 Å². The van der Waals surface area contributed by atoms with Crippen molar-refractivity contribution in [2.75, 3.05) is 19.6 Å². The summed E-state index contributed by atoms with van der Waals surface area (Å²) in [6, 6.07) is 3.40. The van der Waals surface area contributed by atoms with Gasteiger partial charge in [-0.2, -0.15) is 0 Å². The summed E-state index contributed by atoms with van der Waals surface area (Å²) in [7, 11) is 0. The fourth-order valence-electron chi connectivity index (χ4n) is 3.01. The first kappa shape index (κ1) is 16.2. The number of hydrogen-bond acceptors (Lipinski definition) is 3. The van der Waals surface area contributed by atoms with Crippen LogP contribution >= 0.6 is 0 Å². The normalized spacial score (nSPS) is 21.2. The van der Waals surface area contributed by atoms with Gasteiger partial charge in [-0.05, 0) is 30.4 Å². The smallest absolute Gasteiger partial charge is 0.289 e. The molecule has 0 unspecified atom stereocenters. The lowest BCUT2D eigenvalue weighted by molar-refractivity contribution is -0.122. The maximum Gasteiger partial charge on any atom is 0.289 e. The number of carbonyl (C=O) groups excluding carboxylic acids is 2. The Bertz CT molecular complexity index is 545. The highest BCUT2D eigenvalue weighted by atomic mass is 16.3. The van der Waals surface area contributed by atoms with E-state index in [1.165, 1.54) is 6.26 Å². The molecule has 0 aliphatic carbocycles. The zero-order valence-electron chi connectivity index (χ0n) is 12.9. The molecule has 1 aromatic heterocycles. The average molecular weight is 302 g/mol. The van der Waals surface area contributed by atoms with Gasteiger partial charge in [0.05, 0.1) is 12.8 Å². The fraction of sp³-hybridized carbons (Fsp3) is 0.529. The molecule has 5 nitrogen and oxygen atoms in total. The van der Waals surface area contributed by atoms with Crippen LogP contribution in [0.2, 0.25) is 0 Å². The van der Waals surface area contributed by atoms with Crippen molar-refractivity contribution >= 4 is 11.8 Å². The lowest BCUT2D eigenvalue weighted by Gasteiger charge is -2.37. The summed E-state index contributed by atoms with van der Waals surface area (Å²) in [5.74, 6) is 3.32. The van der Waals surface area contributed by atoms with Crippen molar-refractivity contribution in [3.8, 4) is 12.3 Å². The van der Waals surface area contributed by atoms with E-state index in [1.807, 2.05) is 4.90 Å². The molecule has 118 valence electrons. The number of rotatable bonds is 5. The largest absolute Gasteiger partial charge is 0.459 e. The highest BCUT2D eigenvalue weighted by Gasteiger charge is 2.32. The standard InChI is InChI=1S/C17H22N2O3/c1-3-8-18-16(20)11-14-7-9-19(12-13(14)4-2)17(21)15-6-5-10-22-15/h1,5-6,10,13-14H,4,7-9,11-12H2,2H3,(H,18,20)/t13-,14-/m0/s1. The van der Waals surface area contributed by atoms with E-state index in [0.717, 1.165) is 12.8 Å². The molecule has 0 bridgehead atoms. The molecule has 5 heteroatoms. The number of hydrogen-bond donors (Lipinski definition) is 1. The zero-order valence-corrected chi connectivity index (χ0v) is 12.9. The first-order valence-corrected chi connectivity index (χ1v) is 7.68. The maximum absolute atomic E-state index is 12.3. The first-order chi connectivity index (χ1) is 10.7. The third-order valence-electron chi connectivity index (χ3n) is 4.27. The molecule has 0 spiro atoms. The van der Waals surface area contributed by atoms with Crippen molar-refractivity contribution in [3.05, 3.63) is 24.2 Å². The van der Waals surface area contributed by atoms with E-state index in [-0.39, 0.29) is 18.4 Å². The van der Waals surface area contributed by atoms with E-state index in [0.29, 0.717) is 37.1 Å². The Hall–Kier alpha value is -2.22. The minimum atomic E-state index is -0.0707. The number of terminal acetylenes is 1. The van der Waals surface area contributed by atoms with E-state index >= 15 is 0 Å². The van der Waals surface area contributed by atoms with Gasteiger partial charge in [0, 0.05) is 19.5 Å². The van der Waals surface area contributed by atoms with E-state index in [4.69, 9.17) is 10.8 Å². The lowest BCUT2D eigenvalue weighted by atomic mass is 9.81. The van der Waals surface area contributed by atoms with E-state index in [1.54, 1.807) is 12.1 Å². The molecule has 2 amide bonds. The quantitative estimate of drug-likeness (QED) is 0.845. The van der Waals surface area contributed by atoms with Gasteiger partial charge < -0.3 is 14.6 Å². The molecule has 22 heavy (non-hydrogen) atoms. The molecular weight excluding hydrogens is 280 g/mol. The van der Waals surface area contributed by atoms with Crippen LogP contribution in [0, 0.1) is 24.2 Å². The Morgan fingerprint density at radius 2 is 2.32 bits per heavy atom. The second-order valence-corrected chi connectivity index (χ2v) is 5.63. The molecule has 1 saturated heterocycles. The van der Waals surface area contributed by atoms with Crippen LogP contribution in [0.1, 0.15) is 36.7 Å². The van der Waals surface area contributed by atoms with Crippen molar-refractivity contribution in [2.45, 2.75) is 26.2 Å². The van der Waals surface area contributed by atoms with Crippen molar-refractivity contribution in [3.63, 3.8) is 0 Å². The van der Waals surface area contributed by atoms with E-state index in [2.05, 4.69) is 18.2 Å². The molecular formula is C17H22N2O3. The number of furan rings is 1. The number of carbonyl (C=O) groups is 2. The Morgan fingerprint density at radius 3 is 2.95 bits per heavy atom. The lowest BCUT2D eigenvalue weighted by Crippen LogP contribution is -2.44. The Morgan fingerprint density at radius 1 is 1.50 bits per heavy atom. The summed E-state index contributed by atoms with van der Waals surface area (Å²) in [5, 5.41) is 2.71. The third-order valence-corrected chi connectivity index (χ3v) is 4.27. The van der Waals surface area contributed by atoms with Crippen LogP contribution in [-0.2, 0) is 4.79 Å². The summed E-state index contributed by atoms with van der Waals surface area (Å²) < 4.78 is 5.18. The molecule has 1 N–H and O–H groups in total. The number of nitrogens with one attached hydrogen (secondary N) is 1. The van der Waals surface area contributed by atoms with Gasteiger partial charge in [0.2, 0.25) is 5.91 Å². The molecule has 0 aromatic carbocycles. The van der Waals surface area contributed by atoms with Crippen LogP contribution in [0.25, 0.3) is 0 Å². The van der Waals surface area contributed by atoms with Crippen LogP contribution in [0.4, 0.5) is 0 Å². The average Bonchev–Trinajstić information content (AvgIpc) is 3.07. The van der Waals surface area contributed by atoms with Gasteiger partial charge in [-0.15, -0.1) is 6.42 Å². The highest BCUT2D eigenvalue weighted by Crippen LogP contribution is 2.29. The van der Waals surface area contributed by atoms with Gasteiger partial charge in [-0.1, -0.05) is 19.3 Å². The number of nitrogens with zero attached hydrogens (tertiary/aromatic N) is 1. The summed E-state index contributed by atoms with van der Waals surface area (Å²) >= 11 is 0. The molecule has 2 rings (SSSR count). The third kappa shape index (κ3) is 3.91. The first-order valence-electron chi connectivity index (χ1n) is 7.68. The summed E-state index contributed by atoms with van der Waals surface area (Å²) in [6.45, 7) is 3.69. The molecule has 1 aromatic rings. The molecule has 0 radical (unpaired) electrons. The van der Waals surface area contributed by atoms with Gasteiger partial charge in [0.1, 0.15) is 0 Å². The maximum atomic E-state index is 12.3. The molecule has 2 atom stereocenters. The van der Waals surface area contributed by atoms with Crippen LogP contribution in [0.5, 0.6) is 0 Å². The van der Waals surface area contributed by atoms with Gasteiger partial charge in [-0.25, -0.2) is 0 Å². The second-order valence-electron chi connectivity index (χ2n) is 5.63. The van der Waals surface area contributed by atoms with Gasteiger partial charge in [-0.3, -0.25) is 9.59 Å². The van der Waals surface area contributed by atoms with E-state index in [9.17, 15) is 9.59 Å². The van der Waals surface area contributed by atoms with E-state index < -0.39 is 0 Å². The fourth-order valence-corrected chi connectivity index (χ4v) is 3.01. The minimum Gasteiger partial charge on any atom is -0.459 e. The predicted octanol–water partition coefficient (Wildman–Crippen LogP) is 1.91. The van der Waals surface area contributed by atoms with Crippen LogP contribution in [-0.4, -0.2) is 36.3 Å². The Kier molecular flexibility index (Phi) is 5.65. The van der Waals surface area contributed by atoms with Crippen molar-refractivity contribution in [1.29, 1.82) is 0 Å². The zero-order chi connectivity index (χ0) is 15.9. The monoisotopic (exact) mass is 302 g/mol. The van der Waals surface area contributed by atoms with Crippen molar-refractivity contribution in [2.24, 2.45) is 11.8 Å². The van der Waals surface area contributed by atoms with Gasteiger partial charge >= 0.3 is 0 Å². The Labute approximate surface area is 131 Å². The molecule has 0 saturated carbocycles. The highest BCUT2D eigenvalue weighted by molar-refractivity contribution is 5.91. The van der Waals surface area contributed by atoms with Crippen molar-refractivity contribution < 1.29 is 14.0 Å². The van der Waals surface area contributed by atoms with Crippen LogP contribution in [0.3, 0.4) is 0 Å². The Balaban J connectivity index is 1.92. The van der Waals surface area contributed by atoms with Crippen LogP contribution < -0.4 is 5.32 Å². The predicted molar refractivity (Wildman–Crippen MR) is 83.0 cm³/mol. The topological polar surface area (TPSA) is 62.6 Å². The number of piperidine rings is 1. The summed E-state index contributed by atoms with van der Waals surface area (Å²) in [5.41, 5.74) is 0. The summed E-state index contributed by atoms with van der Waals surface area (Å²) in [4.78, 5) is 26.0. The molecule has 2 heterocycles. The number of amides is 2. The summed E-state index contributed by atoms with van der Waals surface area (Å²) in [6.07, 6.45) is 8.89. The van der Waals surface area contributed by atoms with Crippen LogP contribution in [0.15, 0.2) is 22.8 Å². The minimum absolute atomic E-state index is 0.00721. The SMILES string of the molecule is C#CCNC(=O)C[C@@H]1CCN(C(=O)c2ccco2)C[C@@H]1CC. The molecule has 1 aliphatic heterocycles. The molecule has 1 fully saturated rings. The van der Waals surface area contributed by atoms with Gasteiger partial charge in [0.15, 0.2) is 5.76 Å². The second kappa shape index (κ2) is 7.69. The number of likely N-dealkylation sites (tertiary alicyclic amines) is 1. The van der Waals surface area contributed by atoms with Crippen molar-refractivity contribution in [1.82, 2.24) is 10.2 Å².